The van der Waals surface area contributed by atoms with Crippen molar-refractivity contribution in [1.29, 1.82) is 0 Å². The van der Waals surface area contributed by atoms with Crippen LogP contribution in [0.5, 0.6) is 0 Å². The number of rotatable bonds is 6. The predicted molar refractivity (Wildman–Crippen MR) is 101 cm³/mol. The van der Waals surface area contributed by atoms with E-state index in [2.05, 4.69) is 36.4 Å². The van der Waals surface area contributed by atoms with E-state index in [0.29, 0.717) is 18.9 Å². The Morgan fingerprint density at radius 3 is 2.32 bits per heavy atom. The third-order valence-corrected chi connectivity index (χ3v) is 4.43. The zero-order chi connectivity index (χ0) is 18.2. The van der Waals surface area contributed by atoms with Gasteiger partial charge in [0.05, 0.1) is 6.42 Å². The Morgan fingerprint density at radius 1 is 1.08 bits per heavy atom. The van der Waals surface area contributed by atoms with Crippen molar-refractivity contribution in [2.24, 2.45) is 5.92 Å². The highest BCUT2D eigenvalue weighted by Crippen LogP contribution is 2.12. The minimum atomic E-state index is -0.193. The minimum Gasteiger partial charge on any atom is -0.340 e. The van der Waals surface area contributed by atoms with Gasteiger partial charge < -0.3 is 20.4 Å². The van der Waals surface area contributed by atoms with Crippen LogP contribution in [-0.2, 0) is 11.2 Å². The second-order valence-electron chi connectivity index (χ2n) is 7.12. The summed E-state index contributed by atoms with van der Waals surface area (Å²) in [6.45, 7) is 8.38. The number of amides is 3. The topological polar surface area (TPSA) is 64.7 Å². The Morgan fingerprint density at radius 2 is 1.72 bits per heavy atom. The van der Waals surface area contributed by atoms with Crippen molar-refractivity contribution in [3.8, 4) is 0 Å². The van der Waals surface area contributed by atoms with Crippen LogP contribution in [0.15, 0.2) is 24.3 Å². The Labute approximate surface area is 150 Å². The molecule has 0 saturated carbocycles. The molecule has 6 heteroatoms. The molecule has 1 fully saturated rings. The van der Waals surface area contributed by atoms with Gasteiger partial charge in [-0.3, -0.25) is 4.79 Å². The molecule has 1 heterocycles. The number of anilines is 1. The Kier molecular flexibility index (Phi) is 7.25. The van der Waals surface area contributed by atoms with E-state index in [9.17, 15) is 9.59 Å². The van der Waals surface area contributed by atoms with E-state index in [1.165, 1.54) is 0 Å². The van der Waals surface area contributed by atoms with Gasteiger partial charge in [0.2, 0.25) is 5.91 Å². The minimum absolute atomic E-state index is 0.167. The zero-order valence-electron chi connectivity index (χ0n) is 15.5. The molecule has 0 unspecified atom stereocenters. The van der Waals surface area contributed by atoms with Crippen molar-refractivity contribution in [3.63, 3.8) is 0 Å². The van der Waals surface area contributed by atoms with Gasteiger partial charge in [-0.2, -0.15) is 0 Å². The van der Waals surface area contributed by atoms with Crippen LogP contribution in [0.25, 0.3) is 0 Å². The van der Waals surface area contributed by atoms with Gasteiger partial charge in [-0.1, -0.05) is 26.0 Å². The van der Waals surface area contributed by atoms with Crippen LogP contribution in [-0.4, -0.2) is 61.5 Å². The van der Waals surface area contributed by atoms with E-state index in [4.69, 9.17) is 0 Å². The Bertz CT molecular complexity index is 563. The molecule has 6 nitrogen and oxygen atoms in total. The summed E-state index contributed by atoms with van der Waals surface area (Å²) in [4.78, 5) is 28.3. The summed E-state index contributed by atoms with van der Waals surface area (Å²) in [5.74, 6) is 0.734. The summed E-state index contributed by atoms with van der Waals surface area (Å²) in [7, 11) is 2.08. The number of benzene rings is 1. The normalized spacial score (nSPS) is 15.3. The monoisotopic (exact) mass is 346 g/mol. The molecule has 0 bridgehead atoms. The molecule has 3 amide bonds. The zero-order valence-corrected chi connectivity index (χ0v) is 15.5. The van der Waals surface area contributed by atoms with Crippen molar-refractivity contribution < 1.29 is 9.59 Å². The maximum atomic E-state index is 12.3. The molecule has 0 aromatic heterocycles. The molecule has 1 aliphatic rings. The number of hydrogen-bond donors (Lipinski definition) is 2. The van der Waals surface area contributed by atoms with E-state index in [0.717, 1.165) is 43.9 Å². The quantitative estimate of drug-likeness (QED) is 0.830. The van der Waals surface area contributed by atoms with Crippen molar-refractivity contribution in [2.75, 3.05) is 45.1 Å². The molecule has 2 N–H and O–H groups in total. The third-order valence-electron chi connectivity index (χ3n) is 4.43. The van der Waals surface area contributed by atoms with Gasteiger partial charge >= 0.3 is 6.03 Å². The molecular formula is C19H30N4O2. The van der Waals surface area contributed by atoms with Gasteiger partial charge in [-0.15, -0.1) is 0 Å². The van der Waals surface area contributed by atoms with Gasteiger partial charge in [0.1, 0.15) is 0 Å². The average molecular weight is 346 g/mol. The highest BCUT2D eigenvalue weighted by molar-refractivity contribution is 5.89. The fourth-order valence-electron chi connectivity index (χ4n) is 2.70. The summed E-state index contributed by atoms with van der Waals surface area (Å²) in [6.07, 6.45) is 1.37. The lowest BCUT2D eigenvalue weighted by Crippen LogP contribution is -2.47. The van der Waals surface area contributed by atoms with Crippen molar-refractivity contribution >= 4 is 17.6 Å². The first-order valence-electron chi connectivity index (χ1n) is 9.04. The molecule has 0 radical (unpaired) electrons. The van der Waals surface area contributed by atoms with E-state index in [1.807, 2.05) is 29.2 Å². The maximum absolute atomic E-state index is 12.3. The molecule has 1 aliphatic heterocycles. The molecule has 25 heavy (non-hydrogen) atoms. The number of carbonyl (C=O) groups is 2. The number of nitrogens with zero attached hydrogens (tertiary/aromatic N) is 2. The first kappa shape index (κ1) is 19.2. The van der Waals surface area contributed by atoms with Crippen molar-refractivity contribution in [3.05, 3.63) is 29.8 Å². The number of piperazine rings is 1. The SMILES string of the molecule is CC(C)CCNC(=O)Nc1ccc(CC(=O)N2CCN(C)CC2)cc1. The first-order valence-corrected chi connectivity index (χ1v) is 9.04. The van der Waals surface area contributed by atoms with Crippen LogP contribution in [0, 0.1) is 5.92 Å². The summed E-state index contributed by atoms with van der Waals surface area (Å²) in [6, 6.07) is 7.29. The molecule has 1 aromatic carbocycles. The largest absolute Gasteiger partial charge is 0.340 e. The Balaban J connectivity index is 1.77. The van der Waals surface area contributed by atoms with Crippen LogP contribution < -0.4 is 10.6 Å². The van der Waals surface area contributed by atoms with Crippen LogP contribution in [0.4, 0.5) is 10.5 Å². The van der Waals surface area contributed by atoms with Gasteiger partial charge in [0, 0.05) is 38.4 Å². The van der Waals surface area contributed by atoms with Gasteiger partial charge in [-0.05, 0) is 37.1 Å². The second kappa shape index (κ2) is 9.42. The molecule has 1 saturated heterocycles. The summed E-state index contributed by atoms with van der Waals surface area (Å²) < 4.78 is 0. The van der Waals surface area contributed by atoms with Crippen LogP contribution in [0.1, 0.15) is 25.8 Å². The first-order chi connectivity index (χ1) is 11.9. The van der Waals surface area contributed by atoms with Crippen LogP contribution in [0.2, 0.25) is 0 Å². The number of nitrogens with one attached hydrogen (secondary N) is 2. The smallest absolute Gasteiger partial charge is 0.319 e. The Hall–Kier alpha value is -2.08. The molecule has 0 spiro atoms. The predicted octanol–water partition coefficient (Wildman–Crippen LogP) is 2.17. The highest BCUT2D eigenvalue weighted by Gasteiger charge is 2.18. The van der Waals surface area contributed by atoms with E-state index in [-0.39, 0.29) is 11.9 Å². The lowest BCUT2D eigenvalue weighted by Gasteiger charge is -2.32. The number of hydrogen-bond acceptors (Lipinski definition) is 3. The maximum Gasteiger partial charge on any atom is 0.319 e. The molecule has 0 aliphatic carbocycles. The lowest BCUT2D eigenvalue weighted by atomic mass is 10.1. The molecular weight excluding hydrogens is 316 g/mol. The summed E-state index contributed by atoms with van der Waals surface area (Å²) in [5, 5.41) is 5.65. The van der Waals surface area contributed by atoms with Crippen LogP contribution >= 0.6 is 0 Å². The molecule has 138 valence electrons. The standard InChI is InChI=1S/C19H30N4O2/c1-15(2)8-9-20-19(25)21-17-6-4-16(5-7-17)14-18(24)23-12-10-22(3)11-13-23/h4-7,15H,8-14H2,1-3H3,(H2,20,21,25). The third kappa shape index (κ3) is 6.74. The number of carbonyl (C=O) groups excluding carboxylic acids is 2. The van der Waals surface area contributed by atoms with Gasteiger partial charge in [0.25, 0.3) is 0 Å². The van der Waals surface area contributed by atoms with Gasteiger partial charge in [-0.25, -0.2) is 4.79 Å². The number of likely N-dealkylation sites (N-methyl/N-ethyl adjacent to an activating group) is 1. The fraction of sp³-hybridized carbons (Fsp3) is 0.579. The average Bonchev–Trinajstić information content (AvgIpc) is 2.57. The summed E-state index contributed by atoms with van der Waals surface area (Å²) >= 11 is 0. The fourth-order valence-corrected chi connectivity index (χ4v) is 2.70. The second-order valence-corrected chi connectivity index (χ2v) is 7.12. The molecule has 1 aromatic rings. The van der Waals surface area contributed by atoms with E-state index in [1.54, 1.807) is 0 Å². The number of urea groups is 1. The van der Waals surface area contributed by atoms with Crippen LogP contribution in [0.3, 0.4) is 0 Å². The van der Waals surface area contributed by atoms with Crippen molar-refractivity contribution in [1.82, 2.24) is 15.1 Å². The van der Waals surface area contributed by atoms with Gasteiger partial charge in [0.15, 0.2) is 0 Å². The molecule has 2 rings (SSSR count). The lowest BCUT2D eigenvalue weighted by molar-refractivity contribution is -0.132. The van der Waals surface area contributed by atoms with Crippen molar-refractivity contribution in [2.45, 2.75) is 26.7 Å². The van der Waals surface area contributed by atoms with E-state index >= 15 is 0 Å². The molecule has 0 atom stereocenters. The summed E-state index contributed by atoms with van der Waals surface area (Å²) in [5.41, 5.74) is 1.70. The van der Waals surface area contributed by atoms with E-state index < -0.39 is 0 Å². The highest BCUT2D eigenvalue weighted by atomic mass is 16.2.